The van der Waals surface area contributed by atoms with Crippen LogP contribution in [0.1, 0.15) is 41.5 Å². The summed E-state index contributed by atoms with van der Waals surface area (Å²) in [7, 11) is 0. The first-order valence-electron chi connectivity index (χ1n) is 7.41. The highest BCUT2D eigenvalue weighted by Gasteiger charge is 2.41. The fourth-order valence-corrected chi connectivity index (χ4v) is 4.34. The first-order chi connectivity index (χ1) is 9.86. The Hall–Kier alpha value is -1.32. The second-order valence-corrected chi connectivity index (χ2v) is 6.64. The van der Waals surface area contributed by atoms with Gasteiger partial charge in [0.05, 0.1) is 12.1 Å². The fraction of sp³-hybridized carbons (Fsp3) is 0.412. The Bertz CT molecular complexity index is 607. The van der Waals surface area contributed by atoms with Gasteiger partial charge in [0.15, 0.2) is 0 Å². The Labute approximate surface area is 123 Å². The zero-order valence-corrected chi connectivity index (χ0v) is 12.5. The zero-order chi connectivity index (χ0) is 13.5. The van der Waals surface area contributed by atoms with Gasteiger partial charge in [0.1, 0.15) is 0 Å². The van der Waals surface area contributed by atoms with Crippen molar-refractivity contribution in [2.75, 3.05) is 11.9 Å². The van der Waals surface area contributed by atoms with Gasteiger partial charge in [-0.15, -0.1) is 11.3 Å². The number of fused-ring (bicyclic) bond motifs is 3. The number of nitrogens with one attached hydrogen (secondary N) is 1. The lowest BCUT2D eigenvalue weighted by Crippen LogP contribution is -2.28. The Balaban J connectivity index is 1.78. The summed E-state index contributed by atoms with van der Waals surface area (Å²) in [4.78, 5) is 1.43. The first-order valence-corrected chi connectivity index (χ1v) is 8.29. The lowest BCUT2D eigenvalue weighted by Gasteiger charge is -2.36. The Morgan fingerprint density at radius 1 is 1.35 bits per heavy atom. The maximum Gasteiger partial charge on any atom is 0.0897 e. The molecule has 0 unspecified atom stereocenters. The molecule has 104 valence electrons. The topological polar surface area (TPSA) is 21.3 Å². The van der Waals surface area contributed by atoms with E-state index in [1.54, 1.807) is 0 Å². The van der Waals surface area contributed by atoms with E-state index in [1.165, 1.54) is 21.7 Å². The summed E-state index contributed by atoms with van der Waals surface area (Å²) >= 11 is 1.84. The second kappa shape index (κ2) is 4.90. The molecule has 2 nitrogen and oxygen atoms in total. The van der Waals surface area contributed by atoms with Crippen LogP contribution in [0.4, 0.5) is 5.69 Å². The lowest BCUT2D eigenvalue weighted by atomic mass is 9.83. The minimum atomic E-state index is 0.268. The van der Waals surface area contributed by atoms with Crippen molar-refractivity contribution < 1.29 is 4.74 Å². The number of hydrogen-bond acceptors (Lipinski definition) is 3. The molecule has 1 fully saturated rings. The average molecular weight is 285 g/mol. The SMILES string of the molecule is CCc1ccc2c(c1)[C@@H]1OCC[C@H]1[C@H](c1cccs1)N2. The second-order valence-electron chi connectivity index (χ2n) is 5.66. The highest BCUT2D eigenvalue weighted by atomic mass is 32.1. The van der Waals surface area contributed by atoms with Gasteiger partial charge in [-0.2, -0.15) is 0 Å². The highest BCUT2D eigenvalue weighted by molar-refractivity contribution is 7.10. The van der Waals surface area contributed by atoms with Crippen molar-refractivity contribution in [1.82, 2.24) is 0 Å². The van der Waals surface area contributed by atoms with Crippen LogP contribution in [0.25, 0.3) is 0 Å². The van der Waals surface area contributed by atoms with Crippen LogP contribution < -0.4 is 5.32 Å². The molecule has 4 rings (SSSR count). The molecular formula is C17H19NOS. The number of ether oxygens (including phenoxy) is 1. The van der Waals surface area contributed by atoms with Crippen LogP contribution in [0.2, 0.25) is 0 Å². The van der Waals surface area contributed by atoms with Crippen LogP contribution in [-0.2, 0) is 11.2 Å². The molecule has 3 atom stereocenters. The summed E-state index contributed by atoms with van der Waals surface area (Å²) in [6.45, 7) is 3.09. The van der Waals surface area contributed by atoms with Crippen LogP contribution in [0.3, 0.4) is 0 Å². The molecule has 1 saturated heterocycles. The predicted octanol–water partition coefficient (Wildman–Crippen LogP) is 4.55. The number of aryl methyl sites for hydroxylation is 1. The van der Waals surface area contributed by atoms with Crippen LogP contribution in [0.15, 0.2) is 35.7 Å². The van der Waals surface area contributed by atoms with Gasteiger partial charge < -0.3 is 10.1 Å². The molecule has 0 aliphatic carbocycles. The molecule has 2 aliphatic rings. The number of benzene rings is 1. The van der Waals surface area contributed by atoms with Crippen molar-refractivity contribution in [3.05, 3.63) is 51.7 Å². The minimum Gasteiger partial charge on any atom is -0.377 e. The van der Waals surface area contributed by atoms with E-state index in [4.69, 9.17) is 4.74 Å². The van der Waals surface area contributed by atoms with E-state index in [9.17, 15) is 0 Å². The summed E-state index contributed by atoms with van der Waals surface area (Å²) in [6.07, 6.45) is 2.50. The third-order valence-electron chi connectivity index (χ3n) is 4.56. The van der Waals surface area contributed by atoms with Gasteiger partial charge in [0, 0.05) is 28.7 Å². The van der Waals surface area contributed by atoms with E-state index < -0.39 is 0 Å². The van der Waals surface area contributed by atoms with Gasteiger partial charge in [-0.3, -0.25) is 0 Å². The molecule has 2 aliphatic heterocycles. The zero-order valence-electron chi connectivity index (χ0n) is 11.6. The summed E-state index contributed by atoms with van der Waals surface area (Å²) in [6, 6.07) is 11.6. The van der Waals surface area contributed by atoms with E-state index >= 15 is 0 Å². The largest absolute Gasteiger partial charge is 0.377 e. The Kier molecular flexibility index (Phi) is 3.04. The predicted molar refractivity (Wildman–Crippen MR) is 83.3 cm³/mol. The minimum absolute atomic E-state index is 0.268. The van der Waals surface area contributed by atoms with Gasteiger partial charge in [0.2, 0.25) is 0 Å². The normalized spacial score (nSPS) is 27.8. The van der Waals surface area contributed by atoms with E-state index in [0.717, 1.165) is 19.4 Å². The summed E-state index contributed by atoms with van der Waals surface area (Å²) < 4.78 is 6.08. The maximum absolute atomic E-state index is 6.08. The molecule has 1 aromatic heterocycles. The average Bonchev–Trinajstić information content (AvgIpc) is 3.17. The molecule has 0 radical (unpaired) electrons. The number of hydrogen-bond donors (Lipinski definition) is 1. The molecule has 3 heterocycles. The first kappa shape index (κ1) is 12.4. The third-order valence-corrected chi connectivity index (χ3v) is 5.51. The summed E-state index contributed by atoms with van der Waals surface area (Å²) in [5.41, 5.74) is 4.01. The number of anilines is 1. The Morgan fingerprint density at radius 3 is 3.10 bits per heavy atom. The van der Waals surface area contributed by atoms with E-state index in [1.807, 2.05) is 11.3 Å². The molecule has 0 amide bonds. The van der Waals surface area contributed by atoms with E-state index in [2.05, 4.69) is 48.0 Å². The van der Waals surface area contributed by atoms with Crippen molar-refractivity contribution >= 4 is 17.0 Å². The van der Waals surface area contributed by atoms with E-state index in [0.29, 0.717) is 12.0 Å². The lowest BCUT2D eigenvalue weighted by molar-refractivity contribution is 0.0832. The monoisotopic (exact) mass is 285 g/mol. The molecule has 2 aromatic rings. The van der Waals surface area contributed by atoms with Gasteiger partial charge in [-0.25, -0.2) is 0 Å². The molecule has 1 N–H and O–H groups in total. The molecule has 0 spiro atoms. The maximum atomic E-state index is 6.08. The molecule has 3 heteroatoms. The van der Waals surface area contributed by atoms with Gasteiger partial charge >= 0.3 is 0 Å². The molecule has 1 aromatic carbocycles. The molecule has 0 saturated carbocycles. The highest BCUT2D eigenvalue weighted by Crippen LogP contribution is 2.50. The molecule has 0 bridgehead atoms. The van der Waals surface area contributed by atoms with Crippen molar-refractivity contribution in [1.29, 1.82) is 0 Å². The van der Waals surface area contributed by atoms with Gasteiger partial charge in [-0.1, -0.05) is 25.1 Å². The molecular weight excluding hydrogens is 266 g/mol. The van der Waals surface area contributed by atoms with Crippen LogP contribution in [0, 0.1) is 5.92 Å². The van der Waals surface area contributed by atoms with Gasteiger partial charge in [0.25, 0.3) is 0 Å². The number of rotatable bonds is 2. The van der Waals surface area contributed by atoms with Crippen LogP contribution in [-0.4, -0.2) is 6.61 Å². The Morgan fingerprint density at radius 2 is 2.30 bits per heavy atom. The standard InChI is InChI=1S/C17H19NOS/c1-2-11-5-6-14-13(10-11)17-12(7-8-19-17)16(18-14)15-4-3-9-20-15/h3-6,9-10,12,16-18H,2,7-8H2,1H3/t12-,16+,17+/m0/s1. The van der Waals surface area contributed by atoms with Crippen molar-refractivity contribution in [3.8, 4) is 0 Å². The van der Waals surface area contributed by atoms with Crippen molar-refractivity contribution in [2.45, 2.75) is 31.9 Å². The third kappa shape index (κ3) is 1.88. The van der Waals surface area contributed by atoms with Gasteiger partial charge in [-0.05, 0) is 35.9 Å². The van der Waals surface area contributed by atoms with Crippen molar-refractivity contribution in [2.24, 2.45) is 5.92 Å². The summed E-state index contributed by atoms with van der Waals surface area (Å²) in [5, 5.41) is 5.92. The smallest absolute Gasteiger partial charge is 0.0897 e. The fourth-order valence-electron chi connectivity index (χ4n) is 3.49. The van der Waals surface area contributed by atoms with Crippen LogP contribution in [0.5, 0.6) is 0 Å². The number of thiophene rings is 1. The quantitative estimate of drug-likeness (QED) is 0.873. The molecule has 20 heavy (non-hydrogen) atoms. The van der Waals surface area contributed by atoms with E-state index in [-0.39, 0.29) is 6.10 Å². The van der Waals surface area contributed by atoms with Crippen molar-refractivity contribution in [3.63, 3.8) is 0 Å². The van der Waals surface area contributed by atoms with Crippen LogP contribution >= 0.6 is 11.3 Å². The summed E-state index contributed by atoms with van der Waals surface area (Å²) in [5.74, 6) is 0.563.